The summed E-state index contributed by atoms with van der Waals surface area (Å²) in [6.07, 6.45) is 3.27. The van der Waals surface area contributed by atoms with Crippen molar-refractivity contribution in [3.63, 3.8) is 0 Å². The number of piperidine rings is 1. The fourth-order valence-corrected chi connectivity index (χ4v) is 2.90. The molecule has 1 aromatic rings. The van der Waals surface area contributed by atoms with E-state index in [2.05, 4.69) is 11.0 Å². The Hall–Kier alpha value is -1.37. The summed E-state index contributed by atoms with van der Waals surface area (Å²) in [7, 11) is 0. The molecular weight excluding hydrogens is 236 g/mol. The predicted molar refractivity (Wildman–Crippen MR) is 75.7 cm³/mol. The second-order valence-electron chi connectivity index (χ2n) is 5.37. The van der Waals surface area contributed by atoms with Crippen LogP contribution in [0.2, 0.25) is 0 Å². The first kappa shape index (κ1) is 14.0. The molecule has 0 aliphatic carbocycles. The zero-order chi connectivity index (χ0) is 13.5. The maximum Gasteiger partial charge on any atom is 0.0839 e. The summed E-state index contributed by atoms with van der Waals surface area (Å²) in [4.78, 5) is 2.38. The topological polar surface area (TPSA) is 47.3 Å². The van der Waals surface area contributed by atoms with E-state index in [1.807, 2.05) is 30.3 Å². The Kier molecular flexibility index (Phi) is 5.38. The highest BCUT2D eigenvalue weighted by atomic mass is 16.3. The number of nitrogens with zero attached hydrogens (tertiary/aromatic N) is 2. The Balaban J connectivity index is 1.93. The van der Waals surface area contributed by atoms with Gasteiger partial charge in [0.15, 0.2) is 0 Å². The predicted octanol–water partition coefficient (Wildman–Crippen LogP) is 2.39. The van der Waals surface area contributed by atoms with E-state index < -0.39 is 0 Å². The van der Waals surface area contributed by atoms with E-state index >= 15 is 0 Å². The van der Waals surface area contributed by atoms with Crippen LogP contribution < -0.4 is 0 Å². The number of rotatable bonds is 5. The van der Waals surface area contributed by atoms with Gasteiger partial charge in [0, 0.05) is 19.7 Å². The van der Waals surface area contributed by atoms with Gasteiger partial charge in [0.05, 0.1) is 12.0 Å². The monoisotopic (exact) mass is 258 g/mol. The molecule has 0 amide bonds. The third-order valence-corrected chi connectivity index (χ3v) is 3.94. The fraction of sp³-hybridized carbons (Fsp3) is 0.562. The van der Waals surface area contributed by atoms with Gasteiger partial charge in [-0.2, -0.15) is 5.26 Å². The lowest BCUT2D eigenvalue weighted by Gasteiger charge is -2.33. The molecule has 1 aliphatic heterocycles. The summed E-state index contributed by atoms with van der Waals surface area (Å²) in [6, 6.07) is 12.4. The number of benzene rings is 1. The Morgan fingerprint density at radius 1 is 1.37 bits per heavy atom. The molecule has 1 saturated heterocycles. The van der Waals surface area contributed by atoms with Crippen molar-refractivity contribution in [2.75, 3.05) is 26.2 Å². The van der Waals surface area contributed by atoms with Gasteiger partial charge in [-0.05, 0) is 37.3 Å². The van der Waals surface area contributed by atoms with Crippen molar-refractivity contribution in [3.8, 4) is 6.07 Å². The number of aliphatic hydroxyl groups is 1. The van der Waals surface area contributed by atoms with Gasteiger partial charge in [0.25, 0.3) is 0 Å². The third kappa shape index (κ3) is 4.05. The summed E-state index contributed by atoms with van der Waals surface area (Å²) in [6.45, 7) is 3.18. The van der Waals surface area contributed by atoms with E-state index in [1.54, 1.807) is 0 Å². The highest BCUT2D eigenvalue weighted by molar-refractivity contribution is 5.25. The molecule has 3 nitrogen and oxygen atoms in total. The van der Waals surface area contributed by atoms with Gasteiger partial charge in [0.2, 0.25) is 0 Å². The minimum absolute atomic E-state index is 0.0472. The number of hydrogen-bond donors (Lipinski definition) is 1. The van der Waals surface area contributed by atoms with E-state index in [-0.39, 0.29) is 12.5 Å². The normalized spacial score (nSPS) is 21.8. The minimum atomic E-state index is -0.0472. The van der Waals surface area contributed by atoms with E-state index in [1.165, 1.54) is 12.8 Å². The molecule has 2 unspecified atom stereocenters. The smallest absolute Gasteiger partial charge is 0.0839 e. The Morgan fingerprint density at radius 3 is 2.84 bits per heavy atom. The Morgan fingerprint density at radius 2 is 2.16 bits per heavy atom. The van der Waals surface area contributed by atoms with Gasteiger partial charge in [-0.15, -0.1) is 0 Å². The maximum atomic E-state index is 9.36. The highest BCUT2D eigenvalue weighted by Crippen LogP contribution is 2.23. The van der Waals surface area contributed by atoms with Crippen LogP contribution in [-0.2, 0) is 0 Å². The molecule has 1 heterocycles. The van der Waals surface area contributed by atoms with E-state index in [0.717, 1.165) is 31.6 Å². The number of hydrogen-bond acceptors (Lipinski definition) is 3. The Bertz CT molecular complexity index is 411. The molecule has 1 aromatic carbocycles. The van der Waals surface area contributed by atoms with Gasteiger partial charge in [-0.25, -0.2) is 0 Å². The molecule has 1 N–H and O–H groups in total. The minimum Gasteiger partial charge on any atom is -0.396 e. The largest absolute Gasteiger partial charge is 0.396 e. The highest BCUT2D eigenvalue weighted by Gasteiger charge is 2.22. The van der Waals surface area contributed by atoms with Crippen LogP contribution in [0.15, 0.2) is 30.3 Å². The summed E-state index contributed by atoms with van der Waals surface area (Å²) in [5.41, 5.74) is 1.11. The summed E-state index contributed by atoms with van der Waals surface area (Å²) < 4.78 is 0. The molecule has 0 saturated carbocycles. The van der Waals surface area contributed by atoms with Crippen molar-refractivity contribution < 1.29 is 5.11 Å². The molecule has 2 atom stereocenters. The van der Waals surface area contributed by atoms with E-state index in [9.17, 15) is 5.26 Å². The van der Waals surface area contributed by atoms with Crippen molar-refractivity contribution in [1.29, 1.82) is 5.26 Å². The Labute approximate surface area is 115 Å². The lowest BCUT2D eigenvalue weighted by molar-refractivity contribution is 0.146. The van der Waals surface area contributed by atoms with Crippen LogP contribution in [-0.4, -0.2) is 36.2 Å². The zero-order valence-electron chi connectivity index (χ0n) is 11.3. The zero-order valence-corrected chi connectivity index (χ0v) is 11.3. The van der Waals surface area contributed by atoms with Crippen molar-refractivity contribution in [1.82, 2.24) is 4.90 Å². The average molecular weight is 258 g/mol. The van der Waals surface area contributed by atoms with Gasteiger partial charge in [-0.3, -0.25) is 0 Å². The van der Waals surface area contributed by atoms with E-state index in [0.29, 0.717) is 5.92 Å². The van der Waals surface area contributed by atoms with Crippen LogP contribution in [0.3, 0.4) is 0 Å². The number of likely N-dealkylation sites (tertiary alicyclic amines) is 1. The molecule has 0 radical (unpaired) electrons. The summed E-state index contributed by atoms with van der Waals surface area (Å²) in [5, 5.41) is 18.4. The van der Waals surface area contributed by atoms with Crippen LogP contribution in [0.1, 0.15) is 30.7 Å². The van der Waals surface area contributed by atoms with Crippen molar-refractivity contribution in [2.24, 2.45) is 5.92 Å². The first-order valence-electron chi connectivity index (χ1n) is 7.11. The van der Waals surface area contributed by atoms with Gasteiger partial charge in [0.1, 0.15) is 0 Å². The fourth-order valence-electron chi connectivity index (χ4n) is 2.90. The molecule has 0 aromatic heterocycles. The van der Waals surface area contributed by atoms with Gasteiger partial charge in [-0.1, -0.05) is 30.3 Å². The molecule has 102 valence electrons. The van der Waals surface area contributed by atoms with Crippen LogP contribution in [0.4, 0.5) is 0 Å². The number of nitriles is 1. The van der Waals surface area contributed by atoms with Crippen LogP contribution in [0, 0.1) is 17.2 Å². The second-order valence-corrected chi connectivity index (χ2v) is 5.37. The number of aliphatic hydroxyl groups excluding tert-OH is 1. The van der Waals surface area contributed by atoms with Gasteiger partial charge < -0.3 is 10.0 Å². The van der Waals surface area contributed by atoms with Crippen LogP contribution >= 0.6 is 0 Å². The summed E-state index contributed by atoms with van der Waals surface area (Å²) >= 11 is 0. The van der Waals surface area contributed by atoms with E-state index in [4.69, 9.17) is 5.11 Å². The molecule has 1 aliphatic rings. The lowest BCUT2D eigenvalue weighted by Crippen LogP contribution is -2.38. The molecule has 0 bridgehead atoms. The van der Waals surface area contributed by atoms with Crippen molar-refractivity contribution in [2.45, 2.75) is 25.2 Å². The van der Waals surface area contributed by atoms with Crippen LogP contribution in [0.25, 0.3) is 0 Å². The third-order valence-electron chi connectivity index (χ3n) is 3.94. The van der Waals surface area contributed by atoms with Gasteiger partial charge >= 0.3 is 0 Å². The molecule has 0 spiro atoms. The molecule has 1 fully saturated rings. The maximum absolute atomic E-state index is 9.36. The SMILES string of the molecule is N#CC(CN1CCCC(CCO)C1)c1ccccc1. The van der Waals surface area contributed by atoms with Crippen molar-refractivity contribution in [3.05, 3.63) is 35.9 Å². The standard InChI is InChI=1S/C16H22N2O/c17-11-16(15-6-2-1-3-7-15)13-18-9-4-5-14(12-18)8-10-19/h1-3,6-7,14,16,19H,4-5,8-10,12-13H2. The first-order valence-corrected chi connectivity index (χ1v) is 7.11. The van der Waals surface area contributed by atoms with Crippen LogP contribution in [0.5, 0.6) is 0 Å². The molecular formula is C16H22N2O. The summed E-state index contributed by atoms with van der Waals surface area (Å²) in [5.74, 6) is 0.544. The molecule has 2 rings (SSSR count). The average Bonchev–Trinajstić information content (AvgIpc) is 2.46. The first-order chi connectivity index (χ1) is 9.33. The molecule has 19 heavy (non-hydrogen) atoms. The lowest BCUT2D eigenvalue weighted by atomic mass is 9.93. The van der Waals surface area contributed by atoms with Crippen molar-refractivity contribution >= 4 is 0 Å². The quantitative estimate of drug-likeness (QED) is 0.882. The second kappa shape index (κ2) is 7.28. The molecule has 3 heteroatoms.